The maximum Gasteiger partial charge on any atom is 0.407 e. The van der Waals surface area contributed by atoms with Gasteiger partial charge in [0.15, 0.2) is 0 Å². The van der Waals surface area contributed by atoms with Crippen LogP contribution in [0.25, 0.3) is 0 Å². The predicted octanol–water partition coefficient (Wildman–Crippen LogP) is 6.40. The molecule has 6 rings (SSSR count). The van der Waals surface area contributed by atoms with Gasteiger partial charge in [-0.2, -0.15) is 0 Å². The number of alkyl carbamates (subject to hydrolysis) is 2. The SMILES string of the molecule is COC(=O)N[C@H](C(=O)N1CCC[C@H]1C(=O)Nc1ccc([C@@H]2CC[C@@H](c3ccc(NC(=O)[C@@H]4CCCN4C(=O)[C@@H](NC(=O)OC)C(C)C)cc3)N2c2ccc(OC)cc2)cc1)C(C)C. The van der Waals surface area contributed by atoms with Crippen LogP contribution in [0, 0.1) is 11.8 Å². The Labute approximate surface area is 369 Å². The molecule has 0 saturated carbocycles. The Kier molecular flexibility index (Phi) is 15.2. The molecule has 63 heavy (non-hydrogen) atoms. The highest BCUT2D eigenvalue weighted by atomic mass is 16.5. The van der Waals surface area contributed by atoms with Crippen molar-refractivity contribution in [3.8, 4) is 5.75 Å². The lowest BCUT2D eigenvalue weighted by Gasteiger charge is -2.33. The number of carbonyl (C=O) groups is 6. The first kappa shape index (κ1) is 46.2. The third-order valence-electron chi connectivity index (χ3n) is 12.3. The number of likely N-dealkylation sites (tertiary alicyclic amines) is 2. The van der Waals surface area contributed by atoms with Crippen LogP contribution in [-0.2, 0) is 28.7 Å². The van der Waals surface area contributed by atoms with E-state index >= 15 is 0 Å². The number of amides is 6. The molecule has 3 saturated heterocycles. The summed E-state index contributed by atoms with van der Waals surface area (Å²) >= 11 is 0. The molecule has 3 aromatic carbocycles. The number of hydrogen-bond acceptors (Lipinski definition) is 10. The Morgan fingerprint density at radius 1 is 0.556 bits per heavy atom. The second kappa shape index (κ2) is 20.7. The van der Waals surface area contributed by atoms with Crippen LogP contribution in [0.4, 0.5) is 26.7 Å². The summed E-state index contributed by atoms with van der Waals surface area (Å²) in [7, 11) is 4.13. The molecule has 0 aliphatic carbocycles. The van der Waals surface area contributed by atoms with E-state index in [1.165, 1.54) is 14.2 Å². The molecular weight excluding hydrogens is 807 g/mol. The summed E-state index contributed by atoms with van der Waals surface area (Å²) in [5.41, 5.74) is 4.37. The molecule has 0 radical (unpaired) electrons. The van der Waals surface area contributed by atoms with E-state index < -0.39 is 36.4 Å². The number of rotatable bonds is 14. The van der Waals surface area contributed by atoms with Crippen LogP contribution in [0.2, 0.25) is 0 Å². The zero-order chi connectivity index (χ0) is 45.4. The first-order valence-corrected chi connectivity index (χ1v) is 21.8. The van der Waals surface area contributed by atoms with Crippen LogP contribution in [0.3, 0.4) is 0 Å². The van der Waals surface area contributed by atoms with Crippen LogP contribution in [0.1, 0.15) is 89.4 Å². The number of hydrogen-bond donors (Lipinski definition) is 4. The van der Waals surface area contributed by atoms with Crippen molar-refractivity contribution in [3.63, 3.8) is 0 Å². The van der Waals surface area contributed by atoms with E-state index in [0.29, 0.717) is 50.1 Å². The van der Waals surface area contributed by atoms with E-state index in [9.17, 15) is 28.8 Å². The molecule has 6 atom stereocenters. The first-order chi connectivity index (χ1) is 30.2. The van der Waals surface area contributed by atoms with Gasteiger partial charge in [-0.3, -0.25) is 19.2 Å². The minimum Gasteiger partial charge on any atom is -0.497 e. The second-order valence-electron chi connectivity index (χ2n) is 17.0. The maximum absolute atomic E-state index is 13.6. The molecule has 0 spiro atoms. The topological polar surface area (TPSA) is 188 Å². The fourth-order valence-corrected chi connectivity index (χ4v) is 8.97. The number of carbonyl (C=O) groups excluding carboxylic acids is 6. The Morgan fingerprint density at radius 2 is 0.952 bits per heavy atom. The third-order valence-corrected chi connectivity index (χ3v) is 12.3. The van der Waals surface area contributed by atoms with E-state index in [4.69, 9.17) is 14.2 Å². The van der Waals surface area contributed by atoms with Crippen LogP contribution in [0.5, 0.6) is 5.75 Å². The largest absolute Gasteiger partial charge is 0.497 e. The van der Waals surface area contributed by atoms with Crippen LogP contribution in [0.15, 0.2) is 72.8 Å². The Morgan fingerprint density at radius 3 is 1.30 bits per heavy atom. The summed E-state index contributed by atoms with van der Waals surface area (Å²) < 4.78 is 14.9. The normalized spacial score (nSPS) is 20.6. The van der Waals surface area contributed by atoms with Gasteiger partial charge in [0.2, 0.25) is 23.6 Å². The molecule has 3 aliphatic rings. The third kappa shape index (κ3) is 10.7. The first-order valence-electron chi connectivity index (χ1n) is 21.8. The molecule has 0 bridgehead atoms. The highest BCUT2D eigenvalue weighted by molar-refractivity contribution is 5.99. The number of nitrogens with zero attached hydrogens (tertiary/aromatic N) is 3. The van der Waals surface area contributed by atoms with Gasteiger partial charge in [0.05, 0.1) is 33.4 Å². The Hall–Kier alpha value is -6.32. The van der Waals surface area contributed by atoms with Gasteiger partial charge in [-0.25, -0.2) is 9.59 Å². The molecule has 6 amide bonds. The Bertz CT molecular complexity index is 1970. The highest BCUT2D eigenvalue weighted by Gasteiger charge is 2.41. The minimum absolute atomic E-state index is 0.0000255. The van der Waals surface area contributed by atoms with Gasteiger partial charge >= 0.3 is 12.2 Å². The maximum atomic E-state index is 13.6. The van der Waals surface area contributed by atoms with Crippen molar-refractivity contribution >= 4 is 52.9 Å². The molecule has 3 aliphatic heterocycles. The molecule has 4 N–H and O–H groups in total. The van der Waals surface area contributed by atoms with E-state index in [1.807, 2.05) is 100 Å². The molecule has 0 aromatic heterocycles. The summed E-state index contributed by atoms with van der Waals surface area (Å²) in [5.74, 6) is -0.848. The molecule has 16 heteroatoms. The smallest absolute Gasteiger partial charge is 0.407 e. The van der Waals surface area contributed by atoms with Crippen LogP contribution in [-0.4, -0.2) is 104 Å². The van der Waals surface area contributed by atoms with Gasteiger partial charge in [-0.05, 0) is 110 Å². The average molecular weight is 868 g/mol. The molecule has 0 unspecified atom stereocenters. The van der Waals surface area contributed by atoms with E-state index in [0.717, 1.165) is 35.4 Å². The number of anilines is 3. The fourth-order valence-electron chi connectivity index (χ4n) is 8.97. The zero-order valence-corrected chi connectivity index (χ0v) is 37.2. The van der Waals surface area contributed by atoms with Crippen molar-refractivity contribution in [2.45, 2.75) is 102 Å². The molecule has 16 nitrogen and oxygen atoms in total. The zero-order valence-electron chi connectivity index (χ0n) is 37.2. The van der Waals surface area contributed by atoms with E-state index in [1.54, 1.807) is 16.9 Å². The molecule has 3 fully saturated rings. The van der Waals surface area contributed by atoms with E-state index in [-0.39, 0.29) is 47.5 Å². The summed E-state index contributed by atoms with van der Waals surface area (Å²) in [4.78, 5) is 83.8. The lowest BCUT2D eigenvalue weighted by Crippen LogP contribution is -2.54. The van der Waals surface area contributed by atoms with Gasteiger partial charge in [0, 0.05) is 30.2 Å². The van der Waals surface area contributed by atoms with E-state index in [2.05, 4.69) is 26.2 Å². The standard InChI is InChI=1S/C47H61N7O9/c1-28(2)40(50-46(59)62-6)44(57)52-26-8-10-38(52)42(55)48-32-16-12-30(13-17-32)36-24-25-37(54(36)34-20-22-35(61-5)23-21-34)31-14-18-33(19-15-31)49-43(56)39-11-9-27-53(39)45(58)41(29(3)4)51-47(60)63-7/h12-23,28-29,36-41H,8-11,24-27H2,1-7H3,(H,48,55)(H,49,56)(H,50,59)(H,51,60)/t36-,37-,38-,39-,40-,41-/m0/s1. The van der Waals surface area contributed by atoms with Gasteiger partial charge < -0.3 is 50.2 Å². The summed E-state index contributed by atoms with van der Waals surface area (Å²) in [6.45, 7) is 8.18. The second-order valence-corrected chi connectivity index (χ2v) is 17.0. The van der Waals surface area contributed by atoms with Gasteiger partial charge in [-0.15, -0.1) is 0 Å². The minimum atomic E-state index is -0.817. The highest BCUT2D eigenvalue weighted by Crippen LogP contribution is 2.47. The summed E-state index contributed by atoms with van der Waals surface area (Å²) in [6.07, 6.45) is 2.69. The van der Waals surface area contributed by atoms with Crippen molar-refractivity contribution in [3.05, 3.63) is 83.9 Å². The number of benzene rings is 3. The van der Waals surface area contributed by atoms with Crippen LogP contribution >= 0.6 is 0 Å². The van der Waals surface area contributed by atoms with Gasteiger partial charge in [0.25, 0.3) is 0 Å². The van der Waals surface area contributed by atoms with Crippen molar-refractivity contribution < 1.29 is 43.0 Å². The number of nitrogens with one attached hydrogen (secondary N) is 4. The predicted molar refractivity (Wildman–Crippen MR) is 238 cm³/mol. The van der Waals surface area contributed by atoms with Crippen molar-refractivity contribution in [1.82, 2.24) is 20.4 Å². The quantitative estimate of drug-likeness (QED) is 0.141. The molecule has 338 valence electrons. The average Bonchev–Trinajstić information content (AvgIpc) is 4.08. The summed E-state index contributed by atoms with van der Waals surface area (Å²) in [5, 5.41) is 11.3. The van der Waals surface area contributed by atoms with Crippen LogP contribution < -0.4 is 30.9 Å². The molecule has 3 heterocycles. The lowest BCUT2D eigenvalue weighted by atomic mass is 10.0. The monoisotopic (exact) mass is 867 g/mol. The van der Waals surface area contributed by atoms with Gasteiger partial charge in [0.1, 0.15) is 29.9 Å². The summed E-state index contributed by atoms with van der Waals surface area (Å²) in [6, 6.07) is 20.7. The van der Waals surface area contributed by atoms with Crippen molar-refractivity contribution in [2.24, 2.45) is 11.8 Å². The molecule has 3 aromatic rings. The van der Waals surface area contributed by atoms with Crippen molar-refractivity contribution in [1.29, 1.82) is 0 Å². The fraction of sp³-hybridized carbons (Fsp3) is 0.489. The molecular formula is C47H61N7O9. The Balaban J connectivity index is 1.14. The van der Waals surface area contributed by atoms with Gasteiger partial charge in [-0.1, -0.05) is 52.0 Å². The van der Waals surface area contributed by atoms with Crippen molar-refractivity contribution in [2.75, 3.05) is 50.0 Å². The number of methoxy groups -OCH3 is 3. The number of ether oxygens (including phenoxy) is 3. The lowest BCUT2D eigenvalue weighted by molar-refractivity contribution is -0.139.